The molecule has 68 valence electrons. The van der Waals surface area contributed by atoms with E-state index in [-0.39, 0.29) is 0 Å². The first-order valence-electron chi connectivity index (χ1n) is 4.19. The molecule has 3 heteroatoms. The summed E-state index contributed by atoms with van der Waals surface area (Å²) in [7, 11) is 1.65. The van der Waals surface area contributed by atoms with Crippen molar-refractivity contribution in [3.63, 3.8) is 0 Å². The summed E-state index contributed by atoms with van der Waals surface area (Å²) in [6.45, 7) is 1.37. The van der Waals surface area contributed by atoms with Crippen LogP contribution in [0.25, 0.3) is 0 Å². The highest BCUT2D eigenvalue weighted by molar-refractivity contribution is 5.53. The topological polar surface area (TPSA) is 29.5 Å². The van der Waals surface area contributed by atoms with E-state index in [0.29, 0.717) is 13.1 Å². The SMILES string of the molecule is COc1cccc2c1CN(C=O)C2. The Hall–Kier alpha value is -1.51. The molecule has 1 aromatic rings. The number of carbonyl (C=O) groups excluding carboxylic acids is 1. The van der Waals surface area contributed by atoms with Crippen molar-refractivity contribution in [2.45, 2.75) is 13.1 Å². The summed E-state index contributed by atoms with van der Waals surface area (Å²) in [5.41, 5.74) is 2.32. The van der Waals surface area contributed by atoms with E-state index in [4.69, 9.17) is 4.74 Å². The second-order valence-corrected chi connectivity index (χ2v) is 3.11. The van der Waals surface area contributed by atoms with Crippen LogP contribution in [0, 0.1) is 0 Å². The molecule has 1 amide bonds. The Morgan fingerprint density at radius 1 is 1.46 bits per heavy atom. The van der Waals surface area contributed by atoms with Crippen molar-refractivity contribution in [1.82, 2.24) is 4.90 Å². The zero-order valence-corrected chi connectivity index (χ0v) is 7.49. The summed E-state index contributed by atoms with van der Waals surface area (Å²) in [5.74, 6) is 0.877. The molecular weight excluding hydrogens is 166 g/mol. The highest BCUT2D eigenvalue weighted by Crippen LogP contribution is 2.29. The minimum atomic E-state index is 0.669. The van der Waals surface area contributed by atoms with E-state index in [1.807, 2.05) is 18.2 Å². The molecule has 2 rings (SSSR count). The maximum absolute atomic E-state index is 10.6. The van der Waals surface area contributed by atoms with Crippen LogP contribution in [0.4, 0.5) is 0 Å². The number of carbonyl (C=O) groups is 1. The number of nitrogens with zero attached hydrogens (tertiary/aromatic N) is 1. The lowest BCUT2D eigenvalue weighted by molar-refractivity contribution is -0.118. The van der Waals surface area contributed by atoms with Crippen LogP contribution >= 0.6 is 0 Å². The third-order valence-corrected chi connectivity index (χ3v) is 2.33. The van der Waals surface area contributed by atoms with Gasteiger partial charge in [-0.05, 0) is 11.6 Å². The third kappa shape index (κ3) is 1.26. The zero-order valence-electron chi connectivity index (χ0n) is 7.49. The molecule has 0 spiro atoms. The van der Waals surface area contributed by atoms with Crippen LogP contribution in [0.3, 0.4) is 0 Å². The van der Waals surface area contributed by atoms with Gasteiger partial charge < -0.3 is 9.64 Å². The molecule has 1 aliphatic rings. The molecule has 0 atom stereocenters. The number of rotatable bonds is 2. The monoisotopic (exact) mass is 177 g/mol. The van der Waals surface area contributed by atoms with Crippen molar-refractivity contribution in [2.75, 3.05) is 7.11 Å². The molecule has 3 nitrogen and oxygen atoms in total. The number of ether oxygens (including phenoxy) is 1. The highest BCUT2D eigenvalue weighted by atomic mass is 16.5. The second-order valence-electron chi connectivity index (χ2n) is 3.11. The van der Waals surface area contributed by atoms with E-state index in [1.165, 1.54) is 5.56 Å². The number of fused-ring (bicyclic) bond motifs is 1. The van der Waals surface area contributed by atoms with E-state index in [2.05, 4.69) is 0 Å². The minimum Gasteiger partial charge on any atom is -0.496 e. The molecule has 13 heavy (non-hydrogen) atoms. The Labute approximate surface area is 76.9 Å². The highest BCUT2D eigenvalue weighted by Gasteiger charge is 2.20. The van der Waals surface area contributed by atoms with Gasteiger partial charge in [0.15, 0.2) is 0 Å². The molecule has 0 fully saturated rings. The Morgan fingerprint density at radius 2 is 2.31 bits per heavy atom. The van der Waals surface area contributed by atoms with Gasteiger partial charge in [-0.1, -0.05) is 12.1 Å². The van der Waals surface area contributed by atoms with Crippen molar-refractivity contribution in [2.24, 2.45) is 0 Å². The summed E-state index contributed by atoms with van der Waals surface area (Å²) in [4.78, 5) is 12.3. The van der Waals surface area contributed by atoms with Gasteiger partial charge in [-0.15, -0.1) is 0 Å². The lowest BCUT2D eigenvalue weighted by Gasteiger charge is -2.06. The van der Waals surface area contributed by atoms with E-state index >= 15 is 0 Å². The molecule has 0 radical (unpaired) electrons. The number of amides is 1. The van der Waals surface area contributed by atoms with Crippen LogP contribution in [0.5, 0.6) is 5.75 Å². The average Bonchev–Trinajstić information content (AvgIpc) is 2.59. The lowest BCUT2D eigenvalue weighted by atomic mass is 10.1. The number of benzene rings is 1. The molecule has 0 aromatic heterocycles. The van der Waals surface area contributed by atoms with Crippen LogP contribution in [-0.2, 0) is 17.9 Å². The van der Waals surface area contributed by atoms with Gasteiger partial charge in [-0.25, -0.2) is 0 Å². The Balaban J connectivity index is 2.38. The van der Waals surface area contributed by atoms with Gasteiger partial charge in [-0.2, -0.15) is 0 Å². The zero-order chi connectivity index (χ0) is 9.26. The van der Waals surface area contributed by atoms with Crippen molar-refractivity contribution in [1.29, 1.82) is 0 Å². The van der Waals surface area contributed by atoms with E-state index < -0.39 is 0 Å². The fourth-order valence-electron chi connectivity index (χ4n) is 1.68. The minimum absolute atomic E-state index is 0.669. The van der Waals surface area contributed by atoms with Gasteiger partial charge in [0.1, 0.15) is 5.75 Å². The molecule has 0 saturated carbocycles. The molecule has 0 aliphatic carbocycles. The van der Waals surface area contributed by atoms with E-state index in [0.717, 1.165) is 17.7 Å². The Bertz CT molecular complexity index is 336. The average molecular weight is 177 g/mol. The Morgan fingerprint density at radius 3 is 3.00 bits per heavy atom. The number of hydrogen-bond acceptors (Lipinski definition) is 2. The standard InChI is InChI=1S/C10H11NO2/c1-13-10-4-2-3-8-5-11(7-12)6-9(8)10/h2-4,7H,5-6H2,1H3. The van der Waals surface area contributed by atoms with Crippen LogP contribution in [0.1, 0.15) is 11.1 Å². The summed E-state index contributed by atoms with van der Waals surface area (Å²) in [6.07, 6.45) is 0.874. The first-order chi connectivity index (χ1) is 6.35. The van der Waals surface area contributed by atoms with Gasteiger partial charge in [0, 0.05) is 18.7 Å². The molecule has 0 N–H and O–H groups in total. The van der Waals surface area contributed by atoms with Crippen molar-refractivity contribution in [3.05, 3.63) is 29.3 Å². The summed E-state index contributed by atoms with van der Waals surface area (Å²) >= 11 is 0. The van der Waals surface area contributed by atoms with E-state index in [1.54, 1.807) is 12.0 Å². The predicted molar refractivity (Wildman–Crippen MR) is 48.3 cm³/mol. The molecule has 0 unspecified atom stereocenters. The van der Waals surface area contributed by atoms with Crippen LogP contribution in [-0.4, -0.2) is 18.4 Å². The normalized spacial score (nSPS) is 14.1. The van der Waals surface area contributed by atoms with E-state index in [9.17, 15) is 4.79 Å². The van der Waals surface area contributed by atoms with Gasteiger partial charge in [0.25, 0.3) is 0 Å². The smallest absolute Gasteiger partial charge is 0.210 e. The van der Waals surface area contributed by atoms with Gasteiger partial charge in [-0.3, -0.25) is 4.79 Å². The summed E-state index contributed by atoms with van der Waals surface area (Å²) in [6, 6.07) is 5.90. The quantitative estimate of drug-likeness (QED) is 0.634. The largest absolute Gasteiger partial charge is 0.496 e. The van der Waals surface area contributed by atoms with Crippen molar-refractivity contribution < 1.29 is 9.53 Å². The van der Waals surface area contributed by atoms with Gasteiger partial charge in [0.05, 0.1) is 7.11 Å². The molecule has 1 heterocycles. The van der Waals surface area contributed by atoms with Crippen LogP contribution in [0.2, 0.25) is 0 Å². The molecule has 0 bridgehead atoms. The number of hydrogen-bond donors (Lipinski definition) is 0. The maximum Gasteiger partial charge on any atom is 0.210 e. The third-order valence-electron chi connectivity index (χ3n) is 2.33. The summed E-state index contributed by atoms with van der Waals surface area (Å²) in [5, 5.41) is 0. The fourth-order valence-corrected chi connectivity index (χ4v) is 1.68. The van der Waals surface area contributed by atoms with Crippen molar-refractivity contribution in [3.8, 4) is 5.75 Å². The maximum atomic E-state index is 10.6. The van der Waals surface area contributed by atoms with Crippen LogP contribution < -0.4 is 4.74 Å². The molecule has 1 aromatic carbocycles. The first-order valence-corrected chi connectivity index (χ1v) is 4.19. The molecule has 0 saturated heterocycles. The number of methoxy groups -OCH3 is 1. The Kier molecular flexibility index (Phi) is 1.93. The van der Waals surface area contributed by atoms with Gasteiger partial charge in [0.2, 0.25) is 6.41 Å². The molecular formula is C10H11NO2. The fraction of sp³-hybridized carbons (Fsp3) is 0.300. The van der Waals surface area contributed by atoms with Gasteiger partial charge >= 0.3 is 0 Å². The van der Waals surface area contributed by atoms with Crippen molar-refractivity contribution >= 4 is 6.41 Å². The lowest BCUT2D eigenvalue weighted by Crippen LogP contribution is -2.12. The molecule has 1 aliphatic heterocycles. The predicted octanol–water partition coefficient (Wildman–Crippen LogP) is 1.17. The van der Waals surface area contributed by atoms with Crippen LogP contribution in [0.15, 0.2) is 18.2 Å². The first kappa shape index (κ1) is 8.10. The summed E-state index contributed by atoms with van der Waals surface area (Å²) < 4.78 is 5.21. The second kappa shape index (κ2) is 3.09.